The summed E-state index contributed by atoms with van der Waals surface area (Å²) in [4.78, 5) is 10.2. The van der Waals surface area contributed by atoms with Gasteiger partial charge in [0.2, 0.25) is 0 Å². The van der Waals surface area contributed by atoms with Gasteiger partial charge in [-0.15, -0.1) is 0 Å². The van der Waals surface area contributed by atoms with E-state index in [9.17, 15) is 10.1 Å². The number of nitrogen functional groups attached to an aromatic ring is 1. The second kappa shape index (κ2) is 5.98. The maximum atomic E-state index is 10.7. The van der Waals surface area contributed by atoms with Crippen molar-refractivity contribution in [1.82, 2.24) is 0 Å². The number of nitro benzene ring substituents is 1. The predicted octanol–water partition coefficient (Wildman–Crippen LogP) is 2.19. The van der Waals surface area contributed by atoms with Crippen molar-refractivity contribution in [1.29, 1.82) is 0 Å². The summed E-state index contributed by atoms with van der Waals surface area (Å²) >= 11 is 0. The molecule has 0 radical (unpaired) electrons. The molecule has 2 aromatic rings. The summed E-state index contributed by atoms with van der Waals surface area (Å²) in [5, 5.41) is 10.7. The standard InChI is InChI=1S/C12H13N3O4/c13-14-11-6-9(3-4-12(11)15(16)17)7-18-8-10-2-1-5-19-10/h1-6,14H,7-8,13H2. The van der Waals surface area contributed by atoms with E-state index in [1.54, 1.807) is 24.5 Å². The second-order valence-electron chi connectivity index (χ2n) is 3.83. The third-order valence-corrected chi connectivity index (χ3v) is 2.51. The van der Waals surface area contributed by atoms with E-state index >= 15 is 0 Å². The zero-order valence-corrected chi connectivity index (χ0v) is 10.0. The van der Waals surface area contributed by atoms with Crippen LogP contribution < -0.4 is 11.3 Å². The highest BCUT2D eigenvalue weighted by atomic mass is 16.6. The Balaban J connectivity index is 1.99. The van der Waals surface area contributed by atoms with E-state index in [1.807, 2.05) is 6.07 Å². The van der Waals surface area contributed by atoms with Crippen molar-refractivity contribution in [2.75, 3.05) is 5.43 Å². The van der Waals surface area contributed by atoms with Crippen LogP contribution in [-0.2, 0) is 18.0 Å². The van der Waals surface area contributed by atoms with Gasteiger partial charge >= 0.3 is 0 Å². The van der Waals surface area contributed by atoms with Gasteiger partial charge in [-0.05, 0) is 29.8 Å². The molecule has 0 amide bonds. The number of furan rings is 1. The first-order valence-corrected chi connectivity index (χ1v) is 5.55. The summed E-state index contributed by atoms with van der Waals surface area (Å²) in [5.74, 6) is 5.97. The summed E-state index contributed by atoms with van der Waals surface area (Å²) in [6.45, 7) is 0.656. The molecule has 1 heterocycles. The van der Waals surface area contributed by atoms with Gasteiger partial charge in [-0.3, -0.25) is 16.0 Å². The van der Waals surface area contributed by atoms with Crippen LogP contribution >= 0.6 is 0 Å². The minimum atomic E-state index is -0.497. The van der Waals surface area contributed by atoms with Crippen molar-refractivity contribution in [2.24, 2.45) is 5.84 Å². The molecule has 100 valence electrons. The predicted molar refractivity (Wildman–Crippen MR) is 68.1 cm³/mol. The average molecular weight is 263 g/mol. The molecule has 0 saturated heterocycles. The number of anilines is 1. The zero-order valence-electron chi connectivity index (χ0n) is 10.0. The number of hydrogen-bond acceptors (Lipinski definition) is 6. The van der Waals surface area contributed by atoms with Crippen molar-refractivity contribution >= 4 is 11.4 Å². The van der Waals surface area contributed by atoms with Gasteiger partial charge in [0.1, 0.15) is 18.1 Å². The quantitative estimate of drug-likeness (QED) is 0.470. The Morgan fingerprint density at radius 2 is 2.21 bits per heavy atom. The minimum absolute atomic E-state index is 0.0720. The number of hydrazine groups is 1. The van der Waals surface area contributed by atoms with Crippen LogP contribution in [0.5, 0.6) is 0 Å². The van der Waals surface area contributed by atoms with Crippen LogP contribution in [-0.4, -0.2) is 4.92 Å². The first-order valence-electron chi connectivity index (χ1n) is 5.55. The van der Waals surface area contributed by atoms with Gasteiger partial charge in [0.05, 0.1) is 17.8 Å². The van der Waals surface area contributed by atoms with Gasteiger partial charge in [-0.1, -0.05) is 0 Å². The number of benzene rings is 1. The van der Waals surface area contributed by atoms with Crippen molar-refractivity contribution in [2.45, 2.75) is 13.2 Å². The van der Waals surface area contributed by atoms with Crippen LogP contribution in [0.1, 0.15) is 11.3 Å². The maximum Gasteiger partial charge on any atom is 0.293 e. The Morgan fingerprint density at radius 1 is 1.37 bits per heavy atom. The van der Waals surface area contributed by atoms with E-state index in [0.717, 1.165) is 11.3 Å². The second-order valence-corrected chi connectivity index (χ2v) is 3.83. The van der Waals surface area contributed by atoms with Gasteiger partial charge in [0.15, 0.2) is 0 Å². The highest BCUT2D eigenvalue weighted by Crippen LogP contribution is 2.24. The maximum absolute atomic E-state index is 10.7. The first kappa shape index (κ1) is 13.1. The highest BCUT2D eigenvalue weighted by Gasteiger charge is 2.13. The first-order chi connectivity index (χ1) is 9.20. The summed E-state index contributed by atoms with van der Waals surface area (Å²) in [6.07, 6.45) is 1.57. The van der Waals surface area contributed by atoms with Gasteiger partial charge in [-0.25, -0.2) is 0 Å². The number of hydrogen-bond donors (Lipinski definition) is 2. The lowest BCUT2D eigenvalue weighted by Crippen LogP contribution is -2.09. The molecule has 0 aliphatic carbocycles. The molecule has 0 aliphatic rings. The SMILES string of the molecule is NNc1cc(COCc2ccco2)ccc1[N+](=O)[O-]. The molecular formula is C12H13N3O4. The average Bonchev–Trinajstić information content (AvgIpc) is 2.91. The molecule has 0 atom stereocenters. The highest BCUT2D eigenvalue weighted by molar-refractivity contribution is 5.61. The molecule has 7 heteroatoms. The molecule has 0 spiro atoms. The number of nitrogens with one attached hydrogen (secondary N) is 1. The molecule has 0 bridgehead atoms. The summed E-state index contributed by atoms with van der Waals surface area (Å²) in [7, 11) is 0. The molecule has 0 aliphatic heterocycles. The fourth-order valence-corrected chi connectivity index (χ4v) is 1.61. The van der Waals surface area contributed by atoms with E-state index < -0.39 is 4.92 Å². The number of rotatable bonds is 6. The van der Waals surface area contributed by atoms with Crippen molar-refractivity contribution in [3.63, 3.8) is 0 Å². The van der Waals surface area contributed by atoms with Crippen LogP contribution in [0.4, 0.5) is 11.4 Å². The topological polar surface area (TPSA) is 104 Å². The van der Waals surface area contributed by atoms with Gasteiger partial charge in [-0.2, -0.15) is 0 Å². The summed E-state index contributed by atoms with van der Waals surface area (Å²) in [5.41, 5.74) is 3.27. The minimum Gasteiger partial charge on any atom is -0.467 e. The number of nitro groups is 1. The van der Waals surface area contributed by atoms with Gasteiger partial charge in [0.25, 0.3) is 5.69 Å². The lowest BCUT2D eigenvalue weighted by atomic mass is 10.2. The van der Waals surface area contributed by atoms with E-state index in [1.165, 1.54) is 6.07 Å². The summed E-state index contributed by atoms with van der Waals surface area (Å²) in [6, 6.07) is 8.19. The Kier molecular flexibility index (Phi) is 4.11. The van der Waals surface area contributed by atoms with Crippen LogP contribution in [0.3, 0.4) is 0 Å². The lowest BCUT2D eigenvalue weighted by molar-refractivity contribution is -0.384. The van der Waals surface area contributed by atoms with Gasteiger partial charge in [0, 0.05) is 6.07 Å². The molecule has 0 fully saturated rings. The van der Waals surface area contributed by atoms with E-state index in [4.69, 9.17) is 15.0 Å². The molecule has 19 heavy (non-hydrogen) atoms. The zero-order chi connectivity index (χ0) is 13.7. The smallest absolute Gasteiger partial charge is 0.293 e. The van der Waals surface area contributed by atoms with Crippen molar-refractivity contribution in [3.05, 3.63) is 58.0 Å². The monoisotopic (exact) mass is 263 g/mol. The molecule has 1 aromatic carbocycles. The normalized spacial score (nSPS) is 10.4. The van der Waals surface area contributed by atoms with Gasteiger partial charge < -0.3 is 14.6 Å². The van der Waals surface area contributed by atoms with Crippen LogP contribution in [0.15, 0.2) is 41.0 Å². The van der Waals surface area contributed by atoms with Crippen LogP contribution in [0, 0.1) is 10.1 Å². The fourth-order valence-electron chi connectivity index (χ4n) is 1.61. The third kappa shape index (κ3) is 3.30. The van der Waals surface area contributed by atoms with E-state index in [0.29, 0.717) is 13.2 Å². The van der Waals surface area contributed by atoms with Crippen LogP contribution in [0.2, 0.25) is 0 Å². The van der Waals surface area contributed by atoms with E-state index in [-0.39, 0.29) is 11.4 Å². The lowest BCUT2D eigenvalue weighted by Gasteiger charge is -2.06. The summed E-state index contributed by atoms with van der Waals surface area (Å²) < 4.78 is 10.6. The molecule has 0 saturated carbocycles. The molecule has 7 nitrogen and oxygen atoms in total. The Labute approximate surface area is 109 Å². The number of ether oxygens (including phenoxy) is 1. The molecule has 2 rings (SSSR count). The van der Waals surface area contributed by atoms with Crippen LogP contribution in [0.25, 0.3) is 0 Å². The third-order valence-electron chi connectivity index (χ3n) is 2.51. The molecular weight excluding hydrogens is 250 g/mol. The van der Waals surface area contributed by atoms with E-state index in [2.05, 4.69) is 5.43 Å². The fraction of sp³-hybridized carbons (Fsp3) is 0.167. The van der Waals surface area contributed by atoms with Crippen molar-refractivity contribution < 1.29 is 14.1 Å². The number of nitrogens with zero attached hydrogens (tertiary/aromatic N) is 1. The number of nitrogens with two attached hydrogens (primary N) is 1. The molecule has 0 unspecified atom stereocenters. The Hall–Kier alpha value is -2.38. The largest absolute Gasteiger partial charge is 0.467 e. The van der Waals surface area contributed by atoms with Crippen molar-refractivity contribution in [3.8, 4) is 0 Å². The Bertz CT molecular complexity index is 554. The molecule has 1 aromatic heterocycles. The Morgan fingerprint density at radius 3 is 2.84 bits per heavy atom. The molecule has 3 N–H and O–H groups in total.